The first-order valence-corrected chi connectivity index (χ1v) is 8.02. The van der Waals surface area contributed by atoms with Crippen molar-refractivity contribution in [3.8, 4) is 0 Å². The maximum Gasteiger partial charge on any atom is 0.319 e. The number of anilines is 1. The van der Waals surface area contributed by atoms with Gasteiger partial charge in [0, 0.05) is 17.3 Å². The van der Waals surface area contributed by atoms with Crippen LogP contribution in [0.3, 0.4) is 0 Å². The van der Waals surface area contributed by atoms with Gasteiger partial charge in [0.15, 0.2) is 0 Å². The molecule has 0 aliphatic heterocycles. The van der Waals surface area contributed by atoms with Crippen LogP contribution in [0.1, 0.15) is 44.5 Å². The normalized spacial score (nSPS) is 13.0. The summed E-state index contributed by atoms with van der Waals surface area (Å²) in [6.07, 6.45) is 0.724. The highest BCUT2D eigenvalue weighted by Crippen LogP contribution is 2.12. The van der Waals surface area contributed by atoms with Gasteiger partial charge in [-0.1, -0.05) is 20.3 Å². The summed E-state index contributed by atoms with van der Waals surface area (Å²) < 4.78 is 0. The van der Waals surface area contributed by atoms with E-state index >= 15 is 0 Å². The molecular formula is C17H26N4O3. The van der Waals surface area contributed by atoms with Crippen LogP contribution in [0.4, 0.5) is 10.5 Å². The van der Waals surface area contributed by atoms with Gasteiger partial charge in [-0.2, -0.15) is 0 Å². The zero-order valence-electron chi connectivity index (χ0n) is 14.6. The molecule has 4 amide bonds. The number of hydrogen-bond donors (Lipinski definition) is 4. The molecule has 0 aliphatic rings. The molecule has 132 valence electrons. The molecule has 0 aromatic heterocycles. The third kappa shape index (κ3) is 5.91. The van der Waals surface area contributed by atoms with Gasteiger partial charge in [0.1, 0.15) is 6.04 Å². The molecule has 1 aromatic carbocycles. The highest BCUT2D eigenvalue weighted by atomic mass is 16.2. The Labute approximate surface area is 142 Å². The van der Waals surface area contributed by atoms with E-state index in [1.54, 1.807) is 24.3 Å². The number of benzene rings is 1. The van der Waals surface area contributed by atoms with Crippen LogP contribution >= 0.6 is 0 Å². The molecule has 24 heavy (non-hydrogen) atoms. The van der Waals surface area contributed by atoms with E-state index in [1.165, 1.54) is 0 Å². The maximum atomic E-state index is 12.2. The van der Waals surface area contributed by atoms with Crippen molar-refractivity contribution in [2.45, 2.75) is 46.2 Å². The van der Waals surface area contributed by atoms with E-state index in [2.05, 4.69) is 16.0 Å². The summed E-state index contributed by atoms with van der Waals surface area (Å²) in [5.41, 5.74) is 6.31. The molecule has 1 aromatic rings. The van der Waals surface area contributed by atoms with E-state index in [-0.39, 0.29) is 23.9 Å². The summed E-state index contributed by atoms with van der Waals surface area (Å²) in [4.78, 5) is 35.3. The first-order valence-electron chi connectivity index (χ1n) is 8.02. The van der Waals surface area contributed by atoms with Crippen LogP contribution in [0.5, 0.6) is 0 Å². The van der Waals surface area contributed by atoms with Crippen molar-refractivity contribution in [1.29, 1.82) is 0 Å². The van der Waals surface area contributed by atoms with E-state index < -0.39 is 11.9 Å². The van der Waals surface area contributed by atoms with Crippen molar-refractivity contribution in [2.24, 2.45) is 11.7 Å². The number of nitrogens with two attached hydrogens (primary N) is 1. The van der Waals surface area contributed by atoms with E-state index in [4.69, 9.17) is 5.73 Å². The number of urea groups is 1. The summed E-state index contributed by atoms with van der Waals surface area (Å²) in [7, 11) is 0. The quantitative estimate of drug-likeness (QED) is 0.610. The van der Waals surface area contributed by atoms with Gasteiger partial charge in [0.05, 0.1) is 0 Å². The van der Waals surface area contributed by atoms with Gasteiger partial charge in [0.25, 0.3) is 5.91 Å². The minimum absolute atomic E-state index is 0.0290. The molecule has 0 spiro atoms. The van der Waals surface area contributed by atoms with Crippen LogP contribution < -0.4 is 21.7 Å². The molecule has 5 N–H and O–H groups in total. The smallest absolute Gasteiger partial charge is 0.319 e. The molecule has 2 atom stereocenters. The molecule has 0 saturated carbocycles. The Morgan fingerprint density at radius 2 is 1.62 bits per heavy atom. The minimum Gasteiger partial charge on any atom is -0.368 e. The number of amides is 4. The molecule has 0 radical (unpaired) electrons. The third-order valence-corrected chi connectivity index (χ3v) is 3.63. The Hall–Kier alpha value is -2.57. The average molecular weight is 334 g/mol. The second-order valence-corrected chi connectivity index (χ2v) is 6.07. The van der Waals surface area contributed by atoms with Crippen LogP contribution in [0.15, 0.2) is 24.3 Å². The fraction of sp³-hybridized carbons (Fsp3) is 0.471. The van der Waals surface area contributed by atoms with Crippen molar-refractivity contribution in [2.75, 3.05) is 5.32 Å². The van der Waals surface area contributed by atoms with Crippen molar-refractivity contribution < 1.29 is 14.4 Å². The van der Waals surface area contributed by atoms with E-state index in [9.17, 15) is 14.4 Å². The second-order valence-electron chi connectivity index (χ2n) is 6.07. The summed E-state index contributed by atoms with van der Waals surface area (Å²) >= 11 is 0. The molecule has 1 rings (SSSR count). The molecule has 0 saturated heterocycles. The Morgan fingerprint density at radius 1 is 1.04 bits per heavy atom. The summed E-state index contributed by atoms with van der Waals surface area (Å²) in [5.74, 6) is -0.981. The van der Waals surface area contributed by atoms with Gasteiger partial charge in [-0.15, -0.1) is 0 Å². The second kappa shape index (κ2) is 8.90. The summed E-state index contributed by atoms with van der Waals surface area (Å²) in [6.45, 7) is 7.50. The highest BCUT2D eigenvalue weighted by Gasteiger charge is 2.24. The molecule has 0 fully saturated rings. The van der Waals surface area contributed by atoms with Crippen molar-refractivity contribution in [3.63, 3.8) is 0 Å². The molecule has 2 unspecified atom stereocenters. The van der Waals surface area contributed by atoms with Gasteiger partial charge in [-0.25, -0.2) is 4.79 Å². The first-order chi connectivity index (χ1) is 11.2. The number of carbonyl (C=O) groups excluding carboxylic acids is 3. The zero-order valence-corrected chi connectivity index (χ0v) is 14.6. The third-order valence-electron chi connectivity index (χ3n) is 3.63. The molecule has 0 bridgehead atoms. The summed E-state index contributed by atoms with van der Waals surface area (Å²) in [6, 6.07) is 5.41. The van der Waals surface area contributed by atoms with Crippen LogP contribution in [0.2, 0.25) is 0 Å². The van der Waals surface area contributed by atoms with Crippen LogP contribution in [0, 0.1) is 5.92 Å². The molecule has 7 heteroatoms. The van der Waals surface area contributed by atoms with Crippen LogP contribution in [-0.4, -0.2) is 29.9 Å². The Balaban J connectivity index is 2.72. The number of primary amides is 1. The van der Waals surface area contributed by atoms with Gasteiger partial charge < -0.3 is 21.7 Å². The SMILES string of the molecule is CCC(C)C(NC(=O)c1ccc(NC(=O)NC(C)C)cc1)C(N)=O. The number of carbonyl (C=O) groups is 3. The highest BCUT2D eigenvalue weighted by molar-refractivity contribution is 5.98. The van der Waals surface area contributed by atoms with E-state index in [1.807, 2.05) is 27.7 Å². The largest absolute Gasteiger partial charge is 0.368 e. The number of hydrogen-bond acceptors (Lipinski definition) is 3. The Morgan fingerprint density at radius 3 is 2.08 bits per heavy atom. The fourth-order valence-electron chi connectivity index (χ4n) is 2.09. The average Bonchev–Trinajstić information content (AvgIpc) is 2.51. The monoisotopic (exact) mass is 334 g/mol. The lowest BCUT2D eigenvalue weighted by Gasteiger charge is -2.21. The Kier molecular flexibility index (Phi) is 7.23. The summed E-state index contributed by atoms with van der Waals surface area (Å²) in [5, 5.41) is 8.03. The molecule has 0 aliphatic carbocycles. The lowest BCUT2D eigenvalue weighted by molar-refractivity contribution is -0.120. The van der Waals surface area contributed by atoms with Crippen molar-refractivity contribution in [3.05, 3.63) is 29.8 Å². The minimum atomic E-state index is -0.711. The van der Waals surface area contributed by atoms with Crippen LogP contribution in [0.25, 0.3) is 0 Å². The van der Waals surface area contributed by atoms with E-state index in [0.29, 0.717) is 11.3 Å². The van der Waals surface area contributed by atoms with Crippen molar-refractivity contribution >= 4 is 23.5 Å². The lowest BCUT2D eigenvalue weighted by Crippen LogP contribution is -2.48. The molecule has 7 nitrogen and oxygen atoms in total. The lowest BCUT2D eigenvalue weighted by atomic mass is 9.98. The standard InChI is InChI=1S/C17H26N4O3/c1-5-11(4)14(15(18)22)21-16(23)12-6-8-13(9-7-12)20-17(24)19-10(2)3/h6-11,14H,5H2,1-4H3,(H2,18,22)(H,21,23)(H2,19,20,24). The van der Waals surface area contributed by atoms with E-state index in [0.717, 1.165) is 6.42 Å². The Bertz CT molecular complexity index is 584. The van der Waals surface area contributed by atoms with Crippen molar-refractivity contribution in [1.82, 2.24) is 10.6 Å². The van der Waals surface area contributed by atoms with Gasteiger partial charge in [-0.3, -0.25) is 9.59 Å². The predicted octanol–water partition coefficient (Wildman–Crippen LogP) is 1.85. The maximum absolute atomic E-state index is 12.2. The van der Waals surface area contributed by atoms with Gasteiger partial charge >= 0.3 is 6.03 Å². The predicted molar refractivity (Wildman–Crippen MR) is 93.6 cm³/mol. The first kappa shape index (κ1) is 19.5. The van der Waals surface area contributed by atoms with Crippen LogP contribution in [-0.2, 0) is 4.79 Å². The van der Waals surface area contributed by atoms with Gasteiger partial charge in [0.2, 0.25) is 5.91 Å². The fourth-order valence-corrected chi connectivity index (χ4v) is 2.09. The number of nitrogens with one attached hydrogen (secondary N) is 3. The number of rotatable bonds is 7. The topological polar surface area (TPSA) is 113 Å². The molecule has 0 heterocycles. The molecular weight excluding hydrogens is 308 g/mol. The zero-order chi connectivity index (χ0) is 18.3. The van der Waals surface area contributed by atoms with Gasteiger partial charge in [-0.05, 0) is 44.0 Å².